The van der Waals surface area contributed by atoms with Gasteiger partial charge in [-0.25, -0.2) is 4.98 Å². The van der Waals surface area contributed by atoms with Gasteiger partial charge in [0.15, 0.2) is 11.5 Å². The summed E-state index contributed by atoms with van der Waals surface area (Å²) in [6.45, 7) is 3.35. The molecule has 3 rings (SSSR count). The van der Waals surface area contributed by atoms with Gasteiger partial charge in [0, 0.05) is 23.7 Å². The molecule has 2 amide bonds. The Morgan fingerprint density at radius 3 is 2.29 bits per heavy atom. The summed E-state index contributed by atoms with van der Waals surface area (Å²) in [5, 5.41) is 8.23. The van der Waals surface area contributed by atoms with Crippen molar-refractivity contribution in [3.05, 3.63) is 52.5 Å². The quantitative estimate of drug-likeness (QED) is 0.753. The number of nitrogens with one attached hydrogen (secondary N) is 2. The molecule has 2 heterocycles. The van der Waals surface area contributed by atoms with Crippen LogP contribution in [-0.4, -0.2) is 16.8 Å². The molecular formula is C17H15N3O3S. The summed E-state index contributed by atoms with van der Waals surface area (Å²) in [7, 11) is 0. The number of carbonyl (C=O) groups excluding carboxylic acids is 2. The Balaban J connectivity index is 1.69. The number of nitrogens with zero attached hydrogens (tertiary/aromatic N) is 1. The summed E-state index contributed by atoms with van der Waals surface area (Å²) in [6, 6.07) is 10.2. The highest BCUT2D eigenvalue weighted by Crippen LogP contribution is 2.24. The molecule has 6 nitrogen and oxygen atoms in total. The van der Waals surface area contributed by atoms with Crippen LogP contribution >= 0.6 is 11.3 Å². The van der Waals surface area contributed by atoms with E-state index in [2.05, 4.69) is 15.6 Å². The van der Waals surface area contributed by atoms with E-state index in [9.17, 15) is 9.59 Å². The minimum atomic E-state index is -0.347. The number of amides is 2. The van der Waals surface area contributed by atoms with Crippen molar-refractivity contribution in [2.24, 2.45) is 0 Å². The fourth-order valence-corrected chi connectivity index (χ4v) is 2.71. The van der Waals surface area contributed by atoms with Crippen molar-refractivity contribution >= 4 is 34.5 Å². The Hall–Kier alpha value is -2.93. The van der Waals surface area contributed by atoms with Gasteiger partial charge < -0.3 is 15.1 Å². The second-order valence-corrected chi connectivity index (χ2v) is 6.19. The maximum atomic E-state index is 12.2. The van der Waals surface area contributed by atoms with Crippen molar-refractivity contribution in [2.45, 2.75) is 13.8 Å². The van der Waals surface area contributed by atoms with Gasteiger partial charge in [0.05, 0.1) is 5.01 Å². The summed E-state index contributed by atoms with van der Waals surface area (Å²) >= 11 is 1.52. The van der Waals surface area contributed by atoms with Crippen LogP contribution in [0, 0.1) is 6.92 Å². The van der Waals surface area contributed by atoms with Gasteiger partial charge in [-0.1, -0.05) is 0 Å². The highest BCUT2D eigenvalue weighted by Gasteiger charge is 2.14. The third kappa shape index (κ3) is 3.69. The normalized spacial score (nSPS) is 10.4. The SMILES string of the molecule is CC(=O)Nc1ccc(NC(=O)c2ccc(-c3csc(C)n3)o2)cc1. The number of furan rings is 1. The first-order chi connectivity index (χ1) is 11.5. The van der Waals surface area contributed by atoms with E-state index in [4.69, 9.17) is 4.42 Å². The first-order valence-electron chi connectivity index (χ1n) is 7.22. The minimum Gasteiger partial charge on any atom is -0.449 e. The molecule has 24 heavy (non-hydrogen) atoms. The molecule has 0 saturated carbocycles. The first kappa shape index (κ1) is 15.9. The molecular weight excluding hydrogens is 326 g/mol. The number of anilines is 2. The summed E-state index contributed by atoms with van der Waals surface area (Å²) in [5.74, 6) is 0.278. The van der Waals surface area contributed by atoms with Crippen LogP contribution in [0.25, 0.3) is 11.5 Å². The van der Waals surface area contributed by atoms with Gasteiger partial charge in [-0.3, -0.25) is 9.59 Å². The molecule has 0 spiro atoms. The predicted molar refractivity (Wildman–Crippen MR) is 93.3 cm³/mol. The topological polar surface area (TPSA) is 84.2 Å². The van der Waals surface area contributed by atoms with Crippen molar-refractivity contribution in [1.82, 2.24) is 4.98 Å². The number of benzene rings is 1. The van der Waals surface area contributed by atoms with Gasteiger partial charge in [-0.2, -0.15) is 0 Å². The Bertz CT molecular complexity index is 881. The van der Waals surface area contributed by atoms with E-state index in [1.807, 2.05) is 12.3 Å². The van der Waals surface area contributed by atoms with E-state index < -0.39 is 0 Å². The largest absolute Gasteiger partial charge is 0.449 e. The molecule has 0 atom stereocenters. The molecule has 0 aliphatic rings. The number of hydrogen-bond acceptors (Lipinski definition) is 5. The summed E-state index contributed by atoms with van der Waals surface area (Å²) in [6.07, 6.45) is 0. The van der Waals surface area contributed by atoms with E-state index in [1.165, 1.54) is 18.3 Å². The van der Waals surface area contributed by atoms with Gasteiger partial charge in [0.25, 0.3) is 5.91 Å². The van der Waals surface area contributed by atoms with Crippen LogP contribution in [0.5, 0.6) is 0 Å². The molecule has 2 aromatic heterocycles. The molecule has 2 N–H and O–H groups in total. The van der Waals surface area contributed by atoms with Crippen LogP contribution in [0.4, 0.5) is 11.4 Å². The number of carbonyl (C=O) groups is 2. The minimum absolute atomic E-state index is 0.146. The zero-order valence-electron chi connectivity index (χ0n) is 13.1. The van der Waals surface area contributed by atoms with Crippen LogP contribution < -0.4 is 10.6 Å². The van der Waals surface area contributed by atoms with Crippen LogP contribution in [-0.2, 0) is 4.79 Å². The lowest BCUT2D eigenvalue weighted by molar-refractivity contribution is -0.114. The van der Waals surface area contributed by atoms with E-state index >= 15 is 0 Å². The van der Waals surface area contributed by atoms with Crippen LogP contribution in [0.1, 0.15) is 22.5 Å². The molecule has 1 aromatic carbocycles. The second-order valence-electron chi connectivity index (χ2n) is 5.13. The Kier molecular flexibility index (Phi) is 4.43. The van der Waals surface area contributed by atoms with Crippen molar-refractivity contribution in [3.63, 3.8) is 0 Å². The number of thiazole rings is 1. The highest BCUT2D eigenvalue weighted by atomic mass is 32.1. The molecule has 0 unspecified atom stereocenters. The lowest BCUT2D eigenvalue weighted by Gasteiger charge is -2.05. The maximum Gasteiger partial charge on any atom is 0.291 e. The van der Waals surface area contributed by atoms with Crippen LogP contribution in [0.15, 0.2) is 46.2 Å². The van der Waals surface area contributed by atoms with Gasteiger partial charge in [-0.05, 0) is 43.3 Å². The molecule has 7 heteroatoms. The van der Waals surface area contributed by atoms with Crippen molar-refractivity contribution < 1.29 is 14.0 Å². The Morgan fingerprint density at radius 2 is 1.71 bits per heavy atom. The van der Waals surface area contributed by atoms with Crippen molar-refractivity contribution in [3.8, 4) is 11.5 Å². The molecule has 0 bridgehead atoms. The second kappa shape index (κ2) is 6.67. The lowest BCUT2D eigenvalue weighted by atomic mass is 10.2. The van der Waals surface area contributed by atoms with E-state index in [-0.39, 0.29) is 17.6 Å². The third-order valence-electron chi connectivity index (χ3n) is 3.16. The molecule has 0 fully saturated rings. The molecule has 3 aromatic rings. The summed E-state index contributed by atoms with van der Waals surface area (Å²) in [5.41, 5.74) is 1.99. The third-order valence-corrected chi connectivity index (χ3v) is 3.94. The van der Waals surface area contributed by atoms with E-state index in [1.54, 1.807) is 36.4 Å². The zero-order chi connectivity index (χ0) is 17.1. The van der Waals surface area contributed by atoms with Gasteiger partial charge in [-0.15, -0.1) is 11.3 Å². The number of rotatable bonds is 4. The smallest absolute Gasteiger partial charge is 0.291 e. The number of hydrogen-bond donors (Lipinski definition) is 2. The Labute approximate surface area is 142 Å². The predicted octanol–water partition coefficient (Wildman–Crippen LogP) is 3.92. The molecule has 122 valence electrons. The first-order valence-corrected chi connectivity index (χ1v) is 8.10. The van der Waals surface area contributed by atoms with Crippen molar-refractivity contribution in [2.75, 3.05) is 10.6 Å². The van der Waals surface area contributed by atoms with Gasteiger partial charge >= 0.3 is 0 Å². The standard InChI is InChI=1S/C17H15N3O3S/c1-10(21)18-12-3-5-13(6-4-12)20-17(22)16-8-7-15(23-16)14-9-24-11(2)19-14/h3-9H,1-2H3,(H,18,21)(H,20,22). The van der Waals surface area contributed by atoms with E-state index in [0.29, 0.717) is 17.1 Å². The number of aryl methyl sites for hydroxylation is 1. The van der Waals surface area contributed by atoms with E-state index in [0.717, 1.165) is 10.7 Å². The summed E-state index contributed by atoms with van der Waals surface area (Å²) in [4.78, 5) is 27.5. The number of aromatic nitrogens is 1. The summed E-state index contributed by atoms with van der Waals surface area (Å²) < 4.78 is 5.57. The van der Waals surface area contributed by atoms with Crippen LogP contribution in [0.2, 0.25) is 0 Å². The monoisotopic (exact) mass is 341 g/mol. The van der Waals surface area contributed by atoms with Gasteiger partial charge in [0.1, 0.15) is 5.69 Å². The fourth-order valence-electron chi connectivity index (χ4n) is 2.11. The maximum absolute atomic E-state index is 12.2. The molecule has 0 aliphatic carbocycles. The highest BCUT2D eigenvalue weighted by molar-refractivity contribution is 7.09. The lowest BCUT2D eigenvalue weighted by Crippen LogP contribution is -2.11. The average molecular weight is 341 g/mol. The Morgan fingerprint density at radius 1 is 1.04 bits per heavy atom. The fraction of sp³-hybridized carbons (Fsp3) is 0.118. The zero-order valence-corrected chi connectivity index (χ0v) is 13.9. The molecule has 0 aliphatic heterocycles. The average Bonchev–Trinajstić information content (AvgIpc) is 3.17. The molecule has 0 radical (unpaired) electrons. The van der Waals surface area contributed by atoms with Crippen molar-refractivity contribution in [1.29, 1.82) is 0 Å². The van der Waals surface area contributed by atoms with Gasteiger partial charge in [0.2, 0.25) is 5.91 Å². The van der Waals surface area contributed by atoms with Crippen LogP contribution in [0.3, 0.4) is 0 Å². The molecule has 0 saturated heterocycles.